The van der Waals surface area contributed by atoms with Gasteiger partial charge in [0.25, 0.3) is 0 Å². The Kier molecular flexibility index (Phi) is 4.60. The maximum atomic E-state index is 12.7. The molecule has 0 radical (unpaired) electrons. The quantitative estimate of drug-likeness (QED) is 0.756. The minimum absolute atomic E-state index is 0.113. The predicted octanol–water partition coefficient (Wildman–Crippen LogP) is 1.34. The van der Waals surface area contributed by atoms with Crippen molar-refractivity contribution < 1.29 is 22.5 Å². The molecule has 2 aliphatic heterocycles. The Morgan fingerprint density at radius 1 is 0.960 bits per heavy atom. The molecule has 0 aromatic heterocycles. The molecule has 0 N–H and O–H groups in total. The van der Waals surface area contributed by atoms with E-state index in [9.17, 15) is 13.2 Å². The second-order valence-electron chi connectivity index (χ2n) is 7.60. The summed E-state index contributed by atoms with van der Waals surface area (Å²) in [6, 6.07) is 6.60. The van der Waals surface area contributed by atoms with Gasteiger partial charge in [-0.2, -0.15) is 4.31 Å². The van der Waals surface area contributed by atoms with Crippen molar-refractivity contribution in [2.24, 2.45) is 0 Å². The molecule has 0 unspecified atom stereocenters. The summed E-state index contributed by atoms with van der Waals surface area (Å²) in [6.45, 7) is 8.40. The number of ketones is 1. The van der Waals surface area contributed by atoms with Gasteiger partial charge in [0.1, 0.15) is 5.78 Å². The van der Waals surface area contributed by atoms with Crippen molar-refractivity contribution in [2.75, 3.05) is 13.1 Å². The SMILES string of the molecule is CC1(C)OB(c2ccc(S(=O)(=O)N3CCC(=O)CC3)cc2)OC1(C)C. The van der Waals surface area contributed by atoms with Crippen molar-refractivity contribution in [3.63, 3.8) is 0 Å². The lowest BCUT2D eigenvalue weighted by atomic mass is 9.79. The molecule has 136 valence electrons. The Bertz CT molecular complexity index is 747. The van der Waals surface area contributed by atoms with Crippen molar-refractivity contribution in [1.82, 2.24) is 4.31 Å². The molecule has 2 heterocycles. The number of carbonyl (C=O) groups excluding carboxylic acids is 1. The normalized spacial score (nSPS) is 23.8. The van der Waals surface area contributed by atoms with Crippen molar-refractivity contribution >= 4 is 28.4 Å². The van der Waals surface area contributed by atoms with Crippen LogP contribution in [0.5, 0.6) is 0 Å². The molecule has 0 atom stereocenters. The maximum absolute atomic E-state index is 12.7. The Morgan fingerprint density at radius 2 is 1.44 bits per heavy atom. The number of hydrogen-bond donors (Lipinski definition) is 0. The molecule has 0 aliphatic carbocycles. The van der Waals surface area contributed by atoms with E-state index in [1.54, 1.807) is 24.3 Å². The molecule has 2 saturated heterocycles. The van der Waals surface area contributed by atoms with E-state index in [0.29, 0.717) is 0 Å². The van der Waals surface area contributed by atoms with Gasteiger partial charge in [-0.25, -0.2) is 8.42 Å². The maximum Gasteiger partial charge on any atom is 0.494 e. The van der Waals surface area contributed by atoms with Crippen LogP contribution in [0, 0.1) is 0 Å². The summed E-state index contributed by atoms with van der Waals surface area (Å²) in [5, 5.41) is 0. The van der Waals surface area contributed by atoms with Gasteiger partial charge in [-0.05, 0) is 45.3 Å². The first-order chi connectivity index (χ1) is 11.5. The fourth-order valence-electron chi connectivity index (χ4n) is 2.90. The molecule has 0 saturated carbocycles. The van der Waals surface area contributed by atoms with Crippen LogP contribution in [0.4, 0.5) is 0 Å². The summed E-state index contributed by atoms with van der Waals surface area (Å²) in [6.07, 6.45) is 0.566. The van der Waals surface area contributed by atoms with Gasteiger partial charge in [-0.3, -0.25) is 4.79 Å². The van der Waals surface area contributed by atoms with E-state index >= 15 is 0 Å². The first-order valence-electron chi connectivity index (χ1n) is 8.50. The van der Waals surface area contributed by atoms with Crippen LogP contribution in [0.1, 0.15) is 40.5 Å². The fourth-order valence-corrected chi connectivity index (χ4v) is 4.34. The van der Waals surface area contributed by atoms with E-state index in [-0.39, 0.29) is 36.6 Å². The van der Waals surface area contributed by atoms with Crippen molar-refractivity contribution in [3.8, 4) is 0 Å². The molecule has 8 heteroatoms. The highest BCUT2D eigenvalue weighted by molar-refractivity contribution is 7.89. The van der Waals surface area contributed by atoms with Gasteiger partial charge < -0.3 is 9.31 Å². The number of hydrogen-bond acceptors (Lipinski definition) is 5. The van der Waals surface area contributed by atoms with Gasteiger partial charge in [-0.15, -0.1) is 0 Å². The molecule has 25 heavy (non-hydrogen) atoms. The molecule has 2 fully saturated rings. The Labute approximate surface area is 149 Å². The van der Waals surface area contributed by atoms with Gasteiger partial charge in [0.05, 0.1) is 16.1 Å². The molecule has 6 nitrogen and oxygen atoms in total. The Hall–Kier alpha value is -1.22. The molecule has 0 bridgehead atoms. The lowest BCUT2D eigenvalue weighted by Crippen LogP contribution is -2.41. The first kappa shape index (κ1) is 18.6. The highest BCUT2D eigenvalue weighted by atomic mass is 32.2. The van der Waals surface area contributed by atoms with Gasteiger partial charge in [0, 0.05) is 25.9 Å². The number of nitrogens with zero attached hydrogens (tertiary/aromatic N) is 1. The van der Waals surface area contributed by atoms with Crippen LogP contribution >= 0.6 is 0 Å². The topological polar surface area (TPSA) is 72.9 Å². The van der Waals surface area contributed by atoms with E-state index in [0.717, 1.165) is 5.46 Å². The van der Waals surface area contributed by atoms with Crippen LogP contribution in [0.25, 0.3) is 0 Å². The fraction of sp³-hybridized carbons (Fsp3) is 0.588. The smallest absolute Gasteiger partial charge is 0.399 e. The summed E-state index contributed by atoms with van der Waals surface area (Å²) < 4.78 is 38.7. The number of carbonyl (C=O) groups is 1. The van der Waals surface area contributed by atoms with Gasteiger partial charge in [0.2, 0.25) is 10.0 Å². The van der Waals surface area contributed by atoms with E-state index in [4.69, 9.17) is 9.31 Å². The highest BCUT2D eigenvalue weighted by Gasteiger charge is 2.51. The van der Waals surface area contributed by atoms with E-state index in [1.165, 1.54) is 4.31 Å². The molecule has 3 rings (SSSR count). The van der Waals surface area contributed by atoms with Gasteiger partial charge in [0.15, 0.2) is 0 Å². The lowest BCUT2D eigenvalue weighted by Gasteiger charge is -2.32. The third kappa shape index (κ3) is 3.40. The zero-order valence-corrected chi connectivity index (χ0v) is 15.9. The minimum Gasteiger partial charge on any atom is -0.399 e. The number of rotatable bonds is 3. The second-order valence-corrected chi connectivity index (χ2v) is 9.54. The summed E-state index contributed by atoms with van der Waals surface area (Å²) >= 11 is 0. The summed E-state index contributed by atoms with van der Waals surface area (Å²) in [4.78, 5) is 11.5. The number of Topliss-reactive ketones (excluding diaryl/α,β-unsaturated/α-hetero) is 1. The molecule has 1 aromatic rings. The zero-order valence-electron chi connectivity index (χ0n) is 15.1. The standard InChI is InChI=1S/C17H24BNO5S/c1-16(2)17(3,4)24-18(23-16)13-5-7-15(8-6-13)25(21,22)19-11-9-14(20)10-12-19/h5-8H,9-12H2,1-4H3. The molecule has 2 aliphatic rings. The largest absolute Gasteiger partial charge is 0.494 e. The number of piperidine rings is 1. The van der Waals surface area contributed by atoms with Gasteiger partial charge >= 0.3 is 7.12 Å². The van der Waals surface area contributed by atoms with Crippen LogP contribution in [0.2, 0.25) is 0 Å². The molecular weight excluding hydrogens is 341 g/mol. The predicted molar refractivity (Wildman–Crippen MR) is 95.2 cm³/mol. The second kappa shape index (κ2) is 6.19. The monoisotopic (exact) mass is 365 g/mol. The van der Waals surface area contributed by atoms with Crippen LogP contribution in [0.15, 0.2) is 29.2 Å². The molecule has 1 aromatic carbocycles. The van der Waals surface area contributed by atoms with Crippen molar-refractivity contribution in [3.05, 3.63) is 24.3 Å². The third-order valence-electron chi connectivity index (χ3n) is 5.32. The summed E-state index contributed by atoms with van der Waals surface area (Å²) in [5.74, 6) is 0.113. The number of sulfonamides is 1. The zero-order chi connectivity index (χ0) is 18.5. The lowest BCUT2D eigenvalue weighted by molar-refractivity contribution is -0.120. The van der Waals surface area contributed by atoms with Crippen LogP contribution < -0.4 is 5.46 Å². The highest BCUT2D eigenvalue weighted by Crippen LogP contribution is 2.36. The van der Waals surface area contributed by atoms with E-state index in [1.807, 2.05) is 27.7 Å². The third-order valence-corrected chi connectivity index (χ3v) is 7.24. The summed E-state index contributed by atoms with van der Waals surface area (Å²) in [5.41, 5.74) is -0.0997. The summed E-state index contributed by atoms with van der Waals surface area (Å²) in [7, 11) is -4.09. The molecular formula is C17H24BNO5S. The minimum atomic E-state index is -3.57. The van der Waals surface area contributed by atoms with Crippen LogP contribution in [-0.4, -0.2) is 49.9 Å². The van der Waals surface area contributed by atoms with Gasteiger partial charge in [-0.1, -0.05) is 12.1 Å². The Morgan fingerprint density at radius 3 is 1.92 bits per heavy atom. The Balaban J connectivity index is 1.78. The van der Waals surface area contributed by atoms with Crippen molar-refractivity contribution in [2.45, 2.75) is 56.6 Å². The van der Waals surface area contributed by atoms with Crippen molar-refractivity contribution in [1.29, 1.82) is 0 Å². The average Bonchev–Trinajstić information content (AvgIpc) is 2.76. The van der Waals surface area contributed by atoms with Crippen LogP contribution in [-0.2, 0) is 24.1 Å². The average molecular weight is 365 g/mol. The molecule has 0 amide bonds. The van der Waals surface area contributed by atoms with E-state index in [2.05, 4.69) is 0 Å². The van der Waals surface area contributed by atoms with Crippen LogP contribution in [0.3, 0.4) is 0 Å². The van der Waals surface area contributed by atoms with E-state index < -0.39 is 28.3 Å². The molecule has 0 spiro atoms. The first-order valence-corrected chi connectivity index (χ1v) is 9.94. The number of benzene rings is 1.